The summed E-state index contributed by atoms with van der Waals surface area (Å²) in [5.74, 6) is 0.0886. The molecule has 0 spiro atoms. The fourth-order valence-corrected chi connectivity index (χ4v) is 2.36. The summed E-state index contributed by atoms with van der Waals surface area (Å²) in [6.07, 6.45) is 0.581. The molecule has 0 fully saturated rings. The van der Waals surface area contributed by atoms with E-state index in [9.17, 15) is 5.11 Å². The Balaban J connectivity index is 2.75. The van der Waals surface area contributed by atoms with Crippen molar-refractivity contribution in [2.45, 2.75) is 46.2 Å². The molecule has 0 aliphatic rings. The Hall–Kier alpha value is -1.55. The molecule has 0 atom stereocenters. The van der Waals surface area contributed by atoms with Crippen LogP contribution in [-0.2, 0) is 0 Å². The van der Waals surface area contributed by atoms with Gasteiger partial charge in [-0.1, -0.05) is 6.07 Å². The van der Waals surface area contributed by atoms with Crippen LogP contribution in [0, 0.1) is 5.41 Å². The van der Waals surface area contributed by atoms with Gasteiger partial charge < -0.3 is 16.2 Å². The summed E-state index contributed by atoms with van der Waals surface area (Å²) < 4.78 is 0. The molecule has 0 saturated carbocycles. The van der Waals surface area contributed by atoms with Gasteiger partial charge in [0.05, 0.1) is 5.56 Å². The predicted octanol–water partition coefficient (Wildman–Crippen LogP) is 2.85. The van der Waals surface area contributed by atoms with Gasteiger partial charge in [-0.3, -0.25) is 4.90 Å². The molecule has 1 rings (SSSR count). The topological polar surface area (TPSA) is 73.3 Å². The van der Waals surface area contributed by atoms with Crippen LogP contribution >= 0.6 is 0 Å². The maximum atomic E-state index is 9.81. The first-order chi connectivity index (χ1) is 8.84. The van der Waals surface area contributed by atoms with Gasteiger partial charge in [-0.2, -0.15) is 0 Å². The zero-order valence-corrected chi connectivity index (χ0v) is 12.3. The molecular formula is C15H25N3O. The number of nitrogens with one attached hydrogen (secondary N) is 1. The molecule has 0 aromatic heterocycles. The SMILES string of the molecule is CC(C)N(CCC(=N)c1c(N)cccc1O)C(C)C. The molecule has 0 radical (unpaired) electrons. The van der Waals surface area contributed by atoms with E-state index in [-0.39, 0.29) is 5.75 Å². The van der Waals surface area contributed by atoms with Crippen molar-refractivity contribution in [3.8, 4) is 5.75 Å². The maximum Gasteiger partial charge on any atom is 0.126 e. The molecule has 4 nitrogen and oxygen atoms in total. The number of hydrogen-bond acceptors (Lipinski definition) is 4. The van der Waals surface area contributed by atoms with Crippen molar-refractivity contribution in [2.75, 3.05) is 12.3 Å². The monoisotopic (exact) mass is 263 g/mol. The van der Waals surface area contributed by atoms with E-state index in [1.165, 1.54) is 0 Å². The molecule has 1 aromatic rings. The van der Waals surface area contributed by atoms with Gasteiger partial charge in [-0.05, 0) is 39.8 Å². The first-order valence-corrected chi connectivity index (χ1v) is 6.75. The molecule has 0 aliphatic carbocycles. The lowest BCUT2D eigenvalue weighted by atomic mass is 10.0. The number of phenols is 1. The second-order valence-corrected chi connectivity index (χ2v) is 5.40. The van der Waals surface area contributed by atoms with Gasteiger partial charge >= 0.3 is 0 Å². The molecule has 106 valence electrons. The molecular weight excluding hydrogens is 238 g/mol. The van der Waals surface area contributed by atoms with Gasteiger partial charge in [-0.15, -0.1) is 0 Å². The Labute approximate surface area is 115 Å². The van der Waals surface area contributed by atoms with E-state index in [2.05, 4.69) is 32.6 Å². The Morgan fingerprint density at radius 3 is 2.32 bits per heavy atom. The number of benzene rings is 1. The lowest BCUT2D eigenvalue weighted by Crippen LogP contribution is -2.38. The van der Waals surface area contributed by atoms with Crippen molar-refractivity contribution < 1.29 is 5.11 Å². The van der Waals surface area contributed by atoms with Crippen molar-refractivity contribution in [1.82, 2.24) is 4.90 Å². The smallest absolute Gasteiger partial charge is 0.126 e. The summed E-state index contributed by atoms with van der Waals surface area (Å²) in [6, 6.07) is 5.86. The van der Waals surface area contributed by atoms with E-state index in [1.807, 2.05) is 0 Å². The summed E-state index contributed by atoms with van der Waals surface area (Å²) in [7, 11) is 0. The van der Waals surface area contributed by atoms with Crippen LogP contribution < -0.4 is 5.73 Å². The highest BCUT2D eigenvalue weighted by atomic mass is 16.3. The van der Waals surface area contributed by atoms with Gasteiger partial charge in [-0.25, -0.2) is 0 Å². The summed E-state index contributed by atoms with van der Waals surface area (Å²) in [6.45, 7) is 9.40. The van der Waals surface area contributed by atoms with Crippen LogP contribution in [0.1, 0.15) is 39.7 Å². The van der Waals surface area contributed by atoms with E-state index in [0.29, 0.717) is 35.5 Å². The van der Waals surface area contributed by atoms with E-state index in [0.717, 1.165) is 6.54 Å². The zero-order chi connectivity index (χ0) is 14.6. The molecule has 0 heterocycles. The fourth-order valence-electron chi connectivity index (χ4n) is 2.36. The average molecular weight is 263 g/mol. The number of phenolic OH excluding ortho intramolecular Hbond substituents is 1. The lowest BCUT2D eigenvalue weighted by Gasteiger charge is -2.30. The highest BCUT2D eigenvalue weighted by molar-refractivity contribution is 6.05. The molecule has 0 amide bonds. The van der Waals surface area contributed by atoms with Crippen molar-refractivity contribution >= 4 is 11.4 Å². The van der Waals surface area contributed by atoms with Crippen molar-refractivity contribution in [3.63, 3.8) is 0 Å². The van der Waals surface area contributed by atoms with Gasteiger partial charge in [0.2, 0.25) is 0 Å². The van der Waals surface area contributed by atoms with Crippen molar-refractivity contribution in [2.24, 2.45) is 0 Å². The molecule has 1 aromatic carbocycles. The molecule has 4 heteroatoms. The highest BCUT2D eigenvalue weighted by Crippen LogP contribution is 2.24. The largest absolute Gasteiger partial charge is 0.507 e. The minimum absolute atomic E-state index is 0.0886. The third kappa shape index (κ3) is 3.96. The normalized spacial score (nSPS) is 11.5. The number of anilines is 1. The summed E-state index contributed by atoms with van der Waals surface area (Å²) in [5.41, 5.74) is 7.16. The molecule has 0 saturated heterocycles. The third-order valence-corrected chi connectivity index (χ3v) is 3.32. The van der Waals surface area contributed by atoms with E-state index < -0.39 is 0 Å². The number of rotatable bonds is 6. The van der Waals surface area contributed by atoms with Gasteiger partial charge in [0.15, 0.2) is 0 Å². The Morgan fingerprint density at radius 2 is 1.84 bits per heavy atom. The number of nitrogens with two attached hydrogens (primary N) is 1. The van der Waals surface area contributed by atoms with Crippen LogP contribution in [0.4, 0.5) is 5.69 Å². The Bertz CT molecular complexity index is 413. The van der Waals surface area contributed by atoms with E-state index >= 15 is 0 Å². The zero-order valence-electron chi connectivity index (χ0n) is 12.3. The third-order valence-electron chi connectivity index (χ3n) is 3.32. The fraction of sp³-hybridized carbons (Fsp3) is 0.533. The minimum Gasteiger partial charge on any atom is -0.507 e. The maximum absolute atomic E-state index is 9.81. The second kappa shape index (κ2) is 6.57. The minimum atomic E-state index is 0.0886. The van der Waals surface area contributed by atoms with Gasteiger partial charge in [0.1, 0.15) is 5.75 Å². The second-order valence-electron chi connectivity index (χ2n) is 5.40. The lowest BCUT2D eigenvalue weighted by molar-refractivity contribution is 0.180. The number of aromatic hydroxyl groups is 1. The van der Waals surface area contributed by atoms with Gasteiger partial charge in [0, 0.05) is 36.4 Å². The predicted molar refractivity (Wildman–Crippen MR) is 80.9 cm³/mol. The first-order valence-electron chi connectivity index (χ1n) is 6.75. The molecule has 0 unspecified atom stereocenters. The number of hydrogen-bond donors (Lipinski definition) is 3. The summed E-state index contributed by atoms with van der Waals surface area (Å²) in [4.78, 5) is 2.32. The molecule has 0 bridgehead atoms. The standard InChI is InChI=1S/C15H25N3O/c1-10(2)18(11(3)4)9-8-13(17)15-12(16)6-5-7-14(15)19/h5-7,10-11,17,19H,8-9,16H2,1-4H3. The van der Waals surface area contributed by atoms with Crippen molar-refractivity contribution in [1.29, 1.82) is 5.41 Å². The van der Waals surface area contributed by atoms with Crippen LogP contribution in [0.15, 0.2) is 18.2 Å². The highest BCUT2D eigenvalue weighted by Gasteiger charge is 2.16. The van der Waals surface area contributed by atoms with Crippen LogP contribution in [0.25, 0.3) is 0 Å². The molecule has 4 N–H and O–H groups in total. The summed E-state index contributed by atoms with van der Waals surface area (Å²) >= 11 is 0. The first kappa shape index (κ1) is 15.5. The Kier molecular flexibility index (Phi) is 5.36. The number of nitrogens with zero attached hydrogens (tertiary/aromatic N) is 1. The van der Waals surface area contributed by atoms with Crippen LogP contribution in [0.3, 0.4) is 0 Å². The average Bonchev–Trinajstić information content (AvgIpc) is 2.27. The van der Waals surface area contributed by atoms with Crippen LogP contribution in [0.2, 0.25) is 0 Å². The van der Waals surface area contributed by atoms with Gasteiger partial charge in [0.25, 0.3) is 0 Å². The van der Waals surface area contributed by atoms with Crippen LogP contribution in [0.5, 0.6) is 5.75 Å². The molecule has 0 aliphatic heterocycles. The Morgan fingerprint density at radius 1 is 1.26 bits per heavy atom. The quantitative estimate of drug-likeness (QED) is 0.546. The van der Waals surface area contributed by atoms with Crippen LogP contribution in [-0.4, -0.2) is 34.3 Å². The summed E-state index contributed by atoms with van der Waals surface area (Å²) in [5, 5.41) is 17.9. The van der Waals surface area contributed by atoms with E-state index in [4.69, 9.17) is 11.1 Å². The van der Waals surface area contributed by atoms with Crippen molar-refractivity contribution in [3.05, 3.63) is 23.8 Å². The number of nitrogen functional groups attached to an aromatic ring is 1. The van der Waals surface area contributed by atoms with E-state index in [1.54, 1.807) is 18.2 Å². The molecule has 19 heavy (non-hydrogen) atoms.